The summed E-state index contributed by atoms with van der Waals surface area (Å²) in [6.45, 7) is 0.548. The van der Waals surface area contributed by atoms with E-state index < -0.39 is 0 Å². The Balaban J connectivity index is 1.76. The van der Waals surface area contributed by atoms with E-state index in [4.69, 9.17) is 16.6 Å². The van der Waals surface area contributed by atoms with Gasteiger partial charge in [0.25, 0.3) is 5.91 Å². The molecule has 1 heterocycles. The number of pyridine rings is 1. The van der Waals surface area contributed by atoms with Crippen molar-refractivity contribution >= 4 is 28.4 Å². The molecule has 4 rings (SSSR count). The molecule has 0 saturated heterocycles. The fourth-order valence-corrected chi connectivity index (χ4v) is 3.38. The van der Waals surface area contributed by atoms with Crippen molar-refractivity contribution in [2.75, 3.05) is 7.05 Å². The highest BCUT2D eigenvalue weighted by atomic mass is 35.5. The highest BCUT2D eigenvalue weighted by Gasteiger charge is 2.17. The second-order valence-corrected chi connectivity index (χ2v) is 7.16. The molecule has 0 aliphatic rings. The summed E-state index contributed by atoms with van der Waals surface area (Å²) in [5.41, 5.74) is 4.22. The molecular formula is C24H19ClN2O. The SMILES string of the molecule is CN(Cc1ccccc1)C(=O)c1cc(-c2ccc(Cl)cc2)nc2ccccc12. The van der Waals surface area contributed by atoms with E-state index in [-0.39, 0.29) is 5.91 Å². The van der Waals surface area contributed by atoms with Crippen LogP contribution in [0.25, 0.3) is 22.2 Å². The summed E-state index contributed by atoms with van der Waals surface area (Å²) in [6.07, 6.45) is 0. The van der Waals surface area contributed by atoms with E-state index in [1.165, 1.54) is 0 Å². The maximum atomic E-state index is 13.3. The van der Waals surface area contributed by atoms with Crippen LogP contribution in [0.5, 0.6) is 0 Å². The Labute approximate surface area is 169 Å². The first-order valence-electron chi connectivity index (χ1n) is 9.07. The summed E-state index contributed by atoms with van der Waals surface area (Å²) in [6, 6.07) is 27.1. The Morgan fingerprint density at radius 1 is 0.929 bits per heavy atom. The molecule has 0 spiro atoms. The molecule has 1 aromatic heterocycles. The van der Waals surface area contributed by atoms with E-state index in [2.05, 4.69) is 0 Å². The van der Waals surface area contributed by atoms with Gasteiger partial charge in [-0.3, -0.25) is 4.79 Å². The molecule has 28 heavy (non-hydrogen) atoms. The van der Waals surface area contributed by atoms with Crippen LogP contribution in [-0.4, -0.2) is 22.8 Å². The lowest BCUT2D eigenvalue weighted by Gasteiger charge is -2.19. The van der Waals surface area contributed by atoms with Crippen LogP contribution >= 0.6 is 11.6 Å². The monoisotopic (exact) mass is 386 g/mol. The molecule has 0 N–H and O–H groups in total. The average molecular weight is 387 g/mol. The number of fused-ring (bicyclic) bond motifs is 1. The van der Waals surface area contributed by atoms with Gasteiger partial charge in [-0.25, -0.2) is 4.98 Å². The van der Waals surface area contributed by atoms with Crippen LogP contribution in [0.15, 0.2) is 84.9 Å². The van der Waals surface area contributed by atoms with Gasteiger partial charge in [0.1, 0.15) is 0 Å². The minimum Gasteiger partial charge on any atom is -0.337 e. The third-order valence-corrected chi connectivity index (χ3v) is 4.95. The van der Waals surface area contributed by atoms with Crippen LogP contribution in [-0.2, 0) is 6.54 Å². The zero-order chi connectivity index (χ0) is 19.5. The number of amides is 1. The molecule has 0 radical (unpaired) electrons. The van der Waals surface area contributed by atoms with Gasteiger partial charge in [0.15, 0.2) is 0 Å². The van der Waals surface area contributed by atoms with Crippen molar-refractivity contribution in [3.63, 3.8) is 0 Å². The summed E-state index contributed by atoms with van der Waals surface area (Å²) in [7, 11) is 1.83. The molecule has 0 bridgehead atoms. The van der Waals surface area contributed by atoms with Gasteiger partial charge in [-0.2, -0.15) is 0 Å². The van der Waals surface area contributed by atoms with Gasteiger partial charge in [-0.15, -0.1) is 0 Å². The van der Waals surface area contributed by atoms with Crippen molar-refractivity contribution in [1.82, 2.24) is 9.88 Å². The predicted molar refractivity (Wildman–Crippen MR) is 114 cm³/mol. The smallest absolute Gasteiger partial charge is 0.254 e. The normalized spacial score (nSPS) is 10.8. The first kappa shape index (κ1) is 18.2. The maximum absolute atomic E-state index is 13.3. The van der Waals surface area contributed by atoms with Gasteiger partial charge >= 0.3 is 0 Å². The summed E-state index contributed by atoms with van der Waals surface area (Å²) in [4.78, 5) is 19.8. The Morgan fingerprint density at radius 2 is 1.61 bits per heavy atom. The van der Waals surface area contributed by atoms with Gasteiger partial charge in [0, 0.05) is 29.6 Å². The van der Waals surface area contributed by atoms with Crippen LogP contribution in [0.4, 0.5) is 0 Å². The number of aromatic nitrogens is 1. The summed E-state index contributed by atoms with van der Waals surface area (Å²) >= 11 is 6.01. The molecule has 0 atom stereocenters. The maximum Gasteiger partial charge on any atom is 0.254 e. The van der Waals surface area contributed by atoms with Crippen LogP contribution in [0.2, 0.25) is 5.02 Å². The number of rotatable bonds is 4. The van der Waals surface area contributed by atoms with E-state index in [1.54, 1.807) is 4.90 Å². The number of benzene rings is 3. The molecule has 0 unspecified atom stereocenters. The first-order valence-corrected chi connectivity index (χ1v) is 9.45. The molecule has 0 aliphatic heterocycles. The largest absolute Gasteiger partial charge is 0.337 e. The molecule has 0 fully saturated rings. The zero-order valence-corrected chi connectivity index (χ0v) is 16.2. The lowest BCUT2D eigenvalue weighted by Crippen LogP contribution is -2.26. The Morgan fingerprint density at radius 3 is 2.36 bits per heavy atom. The van der Waals surface area contributed by atoms with Crippen molar-refractivity contribution in [2.24, 2.45) is 0 Å². The van der Waals surface area contributed by atoms with Crippen LogP contribution in [0, 0.1) is 0 Å². The number of halogens is 1. The molecule has 0 aliphatic carbocycles. The minimum absolute atomic E-state index is 0.0299. The summed E-state index contributed by atoms with van der Waals surface area (Å²) < 4.78 is 0. The number of carbonyl (C=O) groups excluding carboxylic acids is 1. The van der Waals surface area contributed by atoms with E-state index in [0.717, 1.165) is 27.7 Å². The van der Waals surface area contributed by atoms with Gasteiger partial charge < -0.3 is 4.90 Å². The van der Waals surface area contributed by atoms with Gasteiger partial charge in [0.2, 0.25) is 0 Å². The number of hydrogen-bond donors (Lipinski definition) is 0. The number of carbonyl (C=O) groups is 1. The van der Waals surface area contributed by atoms with Crippen LogP contribution in [0.3, 0.4) is 0 Å². The topological polar surface area (TPSA) is 33.2 Å². The zero-order valence-electron chi connectivity index (χ0n) is 15.5. The quantitative estimate of drug-likeness (QED) is 0.442. The molecule has 3 aromatic carbocycles. The second-order valence-electron chi connectivity index (χ2n) is 6.73. The number of nitrogens with zero attached hydrogens (tertiary/aromatic N) is 2. The molecule has 138 valence electrons. The Bertz CT molecular complexity index is 1120. The molecule has 0 saturated carbocycles. The Hall–Kier alpha value is -3.17. The summed E-state index contributed by atoms with van der Waals surface area (Å²) in [5, 5.41) is 1.52. The van der Waals surface area contributed by atoms with Crippen molar-refractivity contribution < 1.29 is 4.79 Å². The van der Waals surface area contributed by atoms with Crippen molar-refractivity contribution in [1.29, 1.82) is 0 Å². The lowest BCUT2D eigenvalue weighted by molar-refractivity contribution is 0.0787. The van der Waals surface area contributed by atoms with Crippen LogP contribution in [0.1, 0.15) is 15.9 Å². The van der Waals surface area contributed by atoms with E-state index in [9.17, 15) is 4.79 Å². The van der Waals surface area contributed by atoms with E-state index >= 15 is 0 Å². The van der Waals surface area contributed by atoms with E-state index in [1.807, 2.05) is 92.0 Å². The molecular weight excluding hydrogens is 368 g/mol. The number of para-hydroxylation sites is 1. The molecule has 3 nitrogen and oxygen atoms in total. The third kappa shape index (κ3) is 3.75. The predicted octanol–water partition coefficient (Wildman–Crippen LogP) is 5.83. The van der Waals surface area contributed by atoms with Crippen molar-refractivity contribution in [2.45, 2.75) is 6.54 Å². The number of hydrogen-bond acceptors (Lipinski definition) is 2. The molecule has 1 amide bonds. The first-order chi connectivity index (χ1) is 13.6. The van der Waals surface area contributed by atoms with E-state index in [0.29, 0.717) is 17.1 Å². The fraction of sp³-hybridized carbons (Fsp3) is 0.0833. The standard InChI is InChI=1S/C24H19ClN2O/c1-27(16-17-7-3-2-4-8-17)24(28)21-15-23(18-11-13-19(25)14-12-18)26-22-10-6-5-9-20(21)22/h2-15H,16H2,1H3. The lowest BCUT2D eigenvalue weighted by atomic mass is 10.0. The van der Waals surface area contributed by atoms with Crippen LogP contribution < -0.4 is 0 Å². The van der Waals surface area contributed by atoms with Crippen molar-refractivity contribution in [3.05, 3.63) is 101 Å². The van der Waals surface area contributed by atoms with Gasteiger partial charge in [-0.05, 0) is 29.8 Å². The second kappa shape index (κ2) is 7.83. The van der Waals surface area contributed by atoms with Crippen molar-refractivity contribution in [3.8, 4) is 11.3 Å². The van der Waals surface area contributed by atoms with Gasteiger partial charge in [-0.1, -0.05) is 72.3 Å². The fourth-order valence-electron chi connectivity index (χ4n) is 3.26. The molecule has 4 aromatic rings. The third-order valence-electron chi connectivity index (χ3n) is 4.70. The highest BCUT2D eigenvalue weighted by Crippen LogP contribution is 2.27. The highest BCUT2D eigenvalue weighted by molar-refractivity contribution is 6.30. The summed E-state index contributed by atoms with van der Waals surface area (Å²) in [5.74, 6) is -0.0299. The van der Waals surface area contributed by atoms with Gasteiger partial charge in [0.05, 0.1) is 16.8 Å². The Kier molecular flexibility index (Phi) is 5.09. The molecule has 4 heteroatoms. The minimum atomic E-state index is -0.0299. The average Bonchev–Trinajstić information content (AvgIpc) is 2.73.